The first-order chi connectivity index (χ1) is 10.1. The van der Waals surface area contributed by atoms with Crippen LogP contribution in [0.15, 0.2) is 12.1 Å². The number of rotatable bonds is 3. The van der Waals surface area contributed by atoms with Crippen molar-refractivity contribution in [1.29, 1.82) is 0 Å². The number of amides is 1. The van der Waals surface area contributed by atoms with Crippen LogP contribution in [0.25, 0.3) is 0 Å². The number of hydrogen-bond donors (Lipinski definition) is 2. The number of nitrogens with one attached hydrogen (secondary N) is 2. The quantitative estimate of drug-likeness (QED) is 0.650. The molecule has 0 aromatic heterocycles. The van der Waals surface area contributed by atoms with Gasteiger partial charge in [0.15, 0.2) is 12.4 Å². The van der Waals surface area contributed by atoms with E-state index in [1.54, 1.807) is 6.07 Å². The zero-order chi connectivity index (χ0) is 14.8. The Morgan fingerprint density at radius 3 is 2.76 bits per heavy atom. The van der Waals surface area contributed by atoms with Crippen molar-refractivity contribution in [1.82, 2.24) is 5.01 Å². The minimum absolute atomic E-state index is 0.0597. The highest BCUT2D eigenvalue weighted by atomic mass is 16.6. The van der Waals surface area contributed by atoms with Gasteiger partial charge in [0.1, 0.15) is 5.69 Å². The normalized spacial score (nSPS) is 18.4. The highest BCUT2D eigenvalue weighted by Gasteiger charge is 2.25. The highest BCUT2D eigenvalue weighted by molar-refractivity contribution is 5.96. The van der Waals surface area contributed by atoms with Crippen LogP contribution in [0.1, 0.15) is 19.3 Å². The molecule has 0 bridgehead atoms. The minimum atomic E-state index is -0.452. The Kier molecular flexibility index (Phi) is 3.61. The first-order valence-corrected chi connectivity index (χ1v) is 6.90. The number of benzene rings is 1. The van der Waals surface area contributed by atoms with Gasteiger partial charge in [-0.2, -0.15) is 0 Å². The van der Waals surface area contributed by atoms with E-state index in [1.807, 2.05) is 5.01 Å². The van der Waals surface area contributed by atoms with Crippen LogP contribution < -0.4 is 15.5 Å². The molecule has 2 N–H and O–H groups in total. The zero-order valence-corrected chi connectivity index (χ0v) is 11.4. The number of hydrazine groups is 1. The molecule has 0 unspecified atom stereocenters. The summed E-state index contributed by atoms with van der Waals surface area (Å²) in [6.45, 7) is 1.57. The number of carbonyl (C=O) groups excluding carboxylic acids is 1. The summed E-state index contributed by atoms with van der Waals surface area (Å²) in [5.74, 6) is 0.0609. The maximum atomic E-state index is 11.3. The van der Waals surface area contributed by atoms with E-state index in [0.717, 1.165) is 25.9 Å². The van der Waals surface area contributed by atoms with Crippen LogP contribution >= 0.6 is 0 Å². The molecule has 1 aromatic carbocycles. The fourth-order valence-electron chi connectivity index (χ4n) is 2.53. The summed E-state index contributed by atoms with van der Waals surface area (Å²) in [6.07, 6.45) is 3.30. The van der Waals surface area contributed by atoms with Crippen molar-refractivity contribution in [3.05, 3.63) is 22.2 Å². The second-order valence-electron chi connectivity index (χ2n) is 5.12. The third kappa shape index (κ3) is 2.89. The van der Waals surface area contributed by atoms with E-state index >= 15 is 0 Å². The molecular weight excluding hydrogens is 276 g/mol. The molecule has 1 saturated heterocycles. The molecule has 8 nitrogen and oxygen atoms in total. The average Bonchev–Trinajstić information content (AvgIpc) is 2.47. The van der Waals surface area contributed by atoms with Gasteiger partial charge < -0.3 is 15.5 Å². The summed E-state index contributed by atoms with van der Waals surface area (Å²) in [7, 11) is 0. The van der Waals surface area contributed by atoms with E-state index in [9.17, 15) is 14.9 Å². The fraction of sp³-hybridized carbons (Fsp3) is 0.462. The second-order valence-corrected chi connectivity index (χ2v) is 5.12. The highest BCUT2D eigenvalue weighted by Crippen LogP contribution is 2.38. The smallest absolute Gasteiger partial charge is 0.297 e. The summed E-state index contributed by atoms with van der Waals surface area (Å²) in [6, 6.07) is 2.90. The lowest BCUT2D eigenvalue weighted by atomic mass is 10.1. The Labute approximate surface area is 121 Å². The molecule has 112 valence electrons. The van der Waals surface area contributed by atoms with E-state index in [1.165, 1.54) is 12.5 Å². The Hall–Kier alpha value is -2.35. The summed E-state index contributed by atoms with van der Waals surface area (Å²) < 4.78 is 5.21. The Balaban J connectivity index is 1.91. The molecule has 0 aliphatic carbocycles. The van der Waals surface area contributed by atoms with Gasteiger partial charge in [0.25, 0.3) is 11.6 Å². The van der Waals surface area contributed by atoms with Crippen LogP contribution in [0.5, 0.6) is 5.75 Å². The van der Waals surface area contributed by atoms with Gasteiger partial charge >= 0.3 is 0 Å². The van der Waals surface area contributed by atoms with Crippen molar-refractivity contribution in [2.24, 2.45) is 0 Å². The van der Waals surface area contributed by atoms with Crippen LogP contribution in [0, 0.1) is 10.1 Å². The zero-order valence-electron chi connectivity index (χ0n) is 11.4. The lowest BCUT2D eigenvalue weighted by Crippen LogP contribution is -2.35. The molecule has 2 aliphatic rings. The van der Waals surface area contributed by atoms with Crippen molar-refractivity contribution >= 4 is 23.0 Å². The van der Waals surface area contributed by atoms with Crippen molar-refractivity contribution in [3.8, 4) is 5.75 Å². The van der Waals surface area contributed by atoms with E-state index in [2.05, 4.69) is 10.7 Å². The standard InChI is InChI=1S/C13H16N4O4/c18-13-8-21-12-7-11(17(19)20)9(6-10(12)14-13)15-16-4-2-1-3-5-16/h6-7,15H,1-5,8H2,(H,14,18). The average molecular weight is 292 g/mol. The van der Waals surface area contributed by atoms with Gasteiger partial charge in [0.05, 0.1) is 16.7 Å². The number of hydrogen-bond acceptors (Lipinski definition) is 6. The van der Waals surface area contributed by atoms with Gasteiger partial charge in [-0.05, 0) is 18.9 Å². The Bertz CT molecular complexity index is 584. The van der Waals surface area contributed by atoms with Crippen molar-refractivity contribution in [3.63, 3.8) is 0 Å². The van der Waals surface area contributed by atoms with Gasteiger partial charge in [0, 0.05) is 13.1 Å². The summed E-state index contributed by atoms with van der Waals surface area (Å²) in [5, 5.41) is 15.8. The summed E-state index contributed by atoms with van der Waals surface area (Å²) >= 11 is 0. The van der Waals surface area contributed by atoms with E-state index < -0.39 is 4.92 Å². The van der Waals surface area contributed by atoms with Crippen LogP contribution in [0.4, 0.5) is 17.1 Å². The van der Waals surface area contributed by atoms with Crippen molar-refractivity contribution < 1.29 is 14.5 Å². The Morgan fingerprint density at radius 1 is 1.29 bits per heavy atom. The maximum Gasteiger partial charge on any atom is 0.297 e. The van der Waals surface area contributed by atoms with Crippen LogP contribution in [-0.4, -0.2) is 35.5 Å². The lowest BCUT2D eigenvalue weighted by molar-refractivity contribution is -0.384. The predicted octanol–water partition coefficient (Wildman–Crippen LogP) is 1.74. The summed E-state index contributed by atoms with van der Waals surface area (Å²) in [4.78, 5) is 22.1. The molecular formula is C13H16N4O4. The molecule has 0 spiro atoms. The van der Waals surface area contributed by atoms with Crippen LogP contribution in [0.2, 0.25) is 0 Å². The molecule has 1 amide bonds. The van der Waals surface area contributed by atoms with Gasteiger partial charge in [-0.25, -0.2) is 5.01 Å². The molecule has 2 heterocycles. The molecule has 2 aliphatic heterocycles. The number of nitro groups is 1. The molecule has 0 saturated carbocycles. The third-order valence-corrected chi connectivity index (χ3v) is 3.56. The van der Waals surface area contributed by atoms with Gasteiger partial charge in [-0.3, -0.25) is 14.9 Å². The number of piperidine rings is 1. The van der Waals surface area contributed by atoms with Gasteiger partial charge in [-0.15, -0.1) is 0 Å². The van der Waals surface area contributed by atoms with Crippen molar-refractivity contribution in [2.75, 3.05) is 30.4 Å². The molecule has 8 heteroatoms. The fourth-order valence-corrected chi connectivity index (χ4v) is 2.53. The van der Waals surface area contributed by atoms with E-state index in [4.69, 9.17) is 4.74 Å². The molecule has 21 heavy (non-hydrogen) atoms. The van der Waals surface area contributed by atoms with E-state index in [-0.39, 0.29) is 18.2 Å². The summed E-state index contributed by atoms with van der Waals surface area (Å²) in [5.41, 5.74) is 3.84. The number of ether oxygens (including phenoxy) is 1. The molecule has 0 radical (unpaired) electrons. The maximum absolute atomic E-state index is 11.3. The van der Waals surface area contributed by atoms with Gasteiger partial charge in [0.2, 0.25) is 0 Å². The molecule has 3 rings (SSSR count). The molecule has 0 atom stereocenters. The molecule has 1 aromatic rings. The largest absolute Gasteiger partial charge is 0.481 e. The first kappa shape index (κ1) is 13.6. The number of fused-ring (bicyclic) bond motifs is 1. The monoisotopic (exact) mass is 292 g/mol. The van der Waals surface area contributed by atoms with Crippen LogP contribution in [-0.2, 0) is 4.79 Å². The SMILES string of the molecule is O=C1COc2cc([N+](=O)[O-])c(NN3CCCCC3)cc2N1. The second kappa shape index (κ2) is 5.57. The number of carbonyl (C=O) groups is 1. The van der Waals surface area contributed by atoms with Crippen LogP contribution in [0.3, 0.4) is 0 Å². The number of nitrogens with zero attached hydrogens (tertiary/aromatic N) is 2. The topological polar surface area (TPSA) is 96.7 Å². The predicted molar refractivity (Wildman–Crippen MR) is 76.3 cm³/mol. The lowest BCUT2D eigenvalue weighted by Gasteiger charge is -2.28. The molecule has 1 fully saturated rings. The number of anilines is 2. The van der Waals surface area contributed by atoms with E-state index in [0.29, 0.717) is 17.1 Å². The van der Waals surface area contributed by atoms with Gasteiger partial charge in [-0.1, -0.05) is 6.42 Å². The van der Waals surface area contributed by atoms with Crippen molar-refractivity contribution in [2.45, 2.75) is 19.3 Å². The minimum Gasteiger partial charge on any atom is -0.481 e. The number of nitro benzene ring substituents is 1. The first-order valence-electron chi connectivity index (χ1n) is 6.90. The Morgan fingerprint density at radius 2 is 2.05 bits per heavy atom. The third-order valence-electron chi connectivity index (χ3n) is 3.56.